The van der Waals surface area contributed by atoms with Gasteiger partial charge in [-0.2, -0.15) is 22.0 Å². The number of aromatic nitrogens is 3. The Bertz CT molecular complexity index is 1560. The summed E-state index contributed by atoms with van der Waals surface area (Å²) in [7, 11) is 0. The molecular formula is C28H30F6N6O2. The molecule has 0 saturated carbocycles. The Morgan fingerprint density at radius 3 is 2.29 bits per heavy atom. The third-order valence-corrected chi connectivity index (χ3v) is 7.89. The molecule has 5 rings (SSSR count). The third kappa shape index (κ3) is 4.99. The number of likely N-dealkylation sites (tertiary alicyclic amines) is 1. The molecule has 0 unspecified atom stereocenters. The quantitative estimate of drug-likeness (QED) is 0.378. The molecule has 2 aromatic heterocycles. The largest absolute Gasteiger partial charge is 0.435 e. The number of carbonyl (C=O) groups is 1. The highest BCUT2D eigenvalue weighted by molar-refractivity contribution is 5.90. The molecule has 1 amide bonds. The number of halogens is 6. The molecule has 2 saturated heterocycles. The molecule has 2 N–H and O–H groups in total. The SMILES string of the molecule is CC(=O)N1CC2(C1)CN(c1cc3c(N[C@H](C)c4cccc(C(F)(F)C(C)(C)O)c4F)nc(C)nc3nc1C(F)(F)F)C2. The first-order valence-corrected chi connectivity index (χ1v) is 13.3. The number of alkyl halides is 5. The Balaban J connectivity index is 1.51. The molecule has 42 heavy (non-hydrogen) atoms. The van der Waals surface area contributed by atoms with Gasteiger partial charge in [0.05, 0.1) is 22.7 Å². The molecule has 0 bridgehead atoms. The number of hydrogen-bond donors (Lipinski definition) is 2. The van der Waals surface area contributed by atoms with Crippen molar-refractivity contribution in [1.29, 1.82) is 0 Å². The van der Waals surface area contributed by atoms with Crippen LogP contribution >= 0.6 is 0 Å². The van der Waals surface area contributed by atoms with Gasteiger partial charge in [-0.25, -0.2) is 19.3 Å². The van der Waals surface area contributed by atoms with Crippen molar-refractivity contribution >= 4 is 28.4 Å². The minimum absolute atomic E-state index is 0.0492. The van der Waals surface area contributed by atoms with Crippen LogP contribution in [0.4, 0.5) is 37.8 Å². The lowest BCUT2D eigenvalue weighted by Crippen LogP contribution is -2.73. The van der Waals surface area contributed by atoms with E-state index in [0.717, 1.165) is 19.9 Å². The zero-order valence-electron chi connectivity index (χ0n) is 23.6. The van der Waals surface area contributed by atoms with E-state index in [1.165, 1.54) is 39.0 Å². The van der Waals surface area contributed by atoms with Crippen molar-refractivity contribution in [3.05, 3.63) is 52.7 Å². The van der Waals surface area contributed by atoms with Crippen LogP contribution in [0.25, 0.3) is 11.0 Å². The van der Waals surface area contributed by atoms with Crippen LogP contribution in [0.5, 0.6) is 0 Å². The van der Waals surface area contributed by atoms with Crippen LogP contribution in [0.15, 0.2) is 24.3 Å². The first kappa shape index (κ1) is 29.8. The molecule has 0 aliphatic carbocycles. The van der Waals surface area contributed by atoms with Crippen molar-refractivity contribution < 1.29 is 36.2 Å². The summed E-state index contributed by atoms with van der Waals surface area (Å²) in [5.41, 5.74) is -5.50. The number of hydrogen-bond acceptors (Lipinski definition) is 7. The van der Waals surface area contributed by atoms with Gasteiger partial charge in [0.1, 0.15) is 23.1 Å². The summed E-state index contributed by atoms with van der Waals surface area (Å²) >= 11 is 0. The first-order chi connectivity index (χ1) is 19.3. The van der Waals surface area contributed by atoms with Crippen molar-refractivity contribution in [2.45, 2.75) is 58.4 Å². The summed E-state index contributed by atoms with van der Waals surface area (Å²) in [4.78, 5) is 27.0. The number of benzene rings is 1. The Hall–Kier alpha value is -3.68. The highest BCUT2D eigenvalue weighted by Crippen LogP contribution is 2.47. The Morgan fingerprint density at radius 2 is 1.71 bits per heavy atom. The number of aliphatic hydroxyl groups is 1. The number of aryl methyl sites for hydroxylation is 1. The second-order valence-electron chi connectivity index (χ2n) is 11.8. The third-order valence-electron chi connectivity index (χ3n) is 7.89. The van der Waals surface area contributed by atoms with Crippen molar-refractivity contribution in [2.24, 2.45) is 5.41 Å². The van der Waals surface area contributed by atoms with Crippen LogP contribution in [0.2, 0.25) is 0 Å². The maximum Gasteiger partial charge on any atom is 0.435 e. The Kier molecular flexibility index (Phi) is 6.87. The minimum Gasteiger partial charge on any atom is -0.384 e. The van der Waals surface area contributed by atoms with Gasteiger partial charge in [-0.3, -0.25) is 4.79 Å². The summed E-state index contributed by atoms with van der Waals surface area (Å²) in [6.07, 6.45) is -4.79. The monoisotopic (exact) mass is 596 g/mol. The Labute approximate surface area is 237 Å². The minimum atomic E-state index is -4.79. The normalized spacial score (nSPS) is 17.7. The van der Waals surface area contributed by atoms with Gasteiger partial charge in [0.15, 0.2) is 11.3 Å². The predicted molar refractivity (Wildman–Crippen MR) is 143 cm³/mol. The van der Waals surface area contributed by atoms with E-state index < -0.39 is 40.8 Å². The van der Waals surface area contributed by atoms with Gasteiger partial charge in [-0.1, -0.05) is 12.1 Å². The maximum atomic E-state index is 15.4. The number of amides is 1. The Morgan fingerprint density at radius 1 is 1.07 bits per heavy atom. The van der Waals surface area contributed by atoms with Crippen LogP contribution in [0.3, 0.4) is 0 Å². The van der Waals surface area contributed by atoms with E-state index in [1.54, 1.807) is 9.80 Å². The van der Waals surface area contributed by atoms with Gasteiger partial charge in [0.25, 0.3) is 0 Å². The smallest absolute Gasteiger partial charge is 0.384 e. The summed E-state index contributed by atoms with van der Waals surface area (Å²) in [5.74, 6) is -5.09. The topological polar surface area (TPSA) is 94.5 Å². The van der Waals surface area contributed by atoms with E-state index in [-0.39, 0.29) is 45.2 Å². The van der Waals surface area contributed by atoms with Crippen LogP contribution < -0.4 is 10.2 Å². The van der Waals surface area contributed by atoms with Crippen LogP contribution in [-0.2, 0) is 16.9 Å². The number of rotatable bonds is 6. The zero-order chi connectivity index (χ0) is 31.0. The number of pyridine rings is 1. The summed E-state index contributed by atoms with van der Waals surface area (Å²) < 4.78 is 87.5. The molecule has 2 aliphatic rings. The van der Waals surface area contributed by atoms with Crippen LogP contribution in [-0.4, -0.2) is 62.6 Å². The van der Waals surface area contributed by atoms with E-state index in [0.29, 0.717) is 26.2 Å². The zero-order valence-corrected chi connectivity index (χ0v) is 23.6. The fourth-order valence-electron chi connectivity index (χ4n) is 5.57. The molecular weight excluding hydrogens is 566 g/mol. The number of anilines is 2. The molecule has 4 heterocycles. The molecule has 14 heteroatoms. The van der Waals surface area contributed by atoms with Crippen molar-refractivity contribution in [3.63, 3.8) is 0 Å². The second-order valence-corrected chi connectivity index (χ2v) is 11.8. The number of nitrogens with zero attached hydrogens (tertiary/aromatic N) is 5. The maximum absolute atomic E-state index is 15.4. The van der Waals surface area contributed by atoms with Crippen molar-refractivity contribution in [3.8, 4) is 0 Å². The standard InChI is InChI=1S/C28H30F6N6O2/c1-14(17-7-6-8-19(21(17)29)27(30,31)25(4,5)42)35-23-18-9-20(40-12-26(13-40)10-39(11-26)16(3)41)22(28(32,33)34)38-24(18)37-15(2)36-23/h6-9,14,42H,10-13H2,1-5H3,(H,35,36,37,38)/t14-/m1/s1. The number of nitrogens with one attached hydrogen (secondary N) is 1. The van der Waals surface area contributed by atoms with Gasteiger partial charge in [0.2, 0.25) is 5.91 Å². The highest BCUT2D eigenvalue weighted by atomic mass is 19.4. The van der Waals surface area contributed by atoms with Crippen molar-refractivity contribution in [2.75, 3.05) is 36.4 Å². The second kappa shape index (κ2) is 9.68. The highest BCUT2D eigenvalue weighted by Gasteiger charge is 2.54. The molecule has 2 fully saturated rings. The van der Waals surface area contributed by atoms with Gasteiger partial charge >= 0.3 is 12.1 Å². The van der Waals surface area contributed by atoms with E-state index in [2.05, 4.69) is 20.3 Å². The molecule has 0 radical (unpaired) electrons. The molecule has 1 atom stereocenters. The van der Waals surface area contributed by atoms with Crippen LogP contribution in [0, 0.1) is 18.2 Å². The van der Waals surface area contributed by atoms with Gasteiger partial charge in [-0.05, 0) is 39.8 Å². The lowest BCUT2D eigenvalue weighted by molar-refractivity contribution is -0.170. The first-order valence-electron chi connectivity index (χ1n) is 13.3. The van der Waals surface area contributed by atoms with E-state index in [9.17, 15) is 31.9 Å². The number of fused-ring (bicyclic) bond motifs is 1. The molecule has 8 nitrogen and oxygen atoms in total. The van der Waals surface area contributed by atoms with E-state index in [1.807, 2.05) is 0 Å². The molecule has 3 aromatic rings. The van der Waals surface area contributed by atoms with Gasteiger partial charge < -0.3 is 20.2 Å². The summed E-state index contributed by atoms with van der Waals surface area (Å²) in [6, 6.07) is 3.73. The molecule has 226 valence electrons. The fraction of sp³-hybridized carbons (Fsp3) is 0.500. The van der Waals surface area contributed by atoms with E-state index >= 15 is 4.39 Å². The molecule has 2 aliphatic heterocycles. The summed E-state index contributed by atoms with van der Waals surface area (Å²) in [5, 5.41) is 13.0. The average molecular weight is 597 g/mol. The van der Waals surface area contributed by atoms with Crippen LogP contribution in [0.1, 0.15) is 56.4 Å². The van der Waals surface area contributed by atoms with Gasteiger partial charge in [-0.15, -0.1) is 0 Å². The predicted octanol–water partition coefficient (Wildman–Crippen LogP) is 5.20. The van der Waals surface area contributed by atoms with E-state index in [4.69, 9.17) is 0 Å². The lowest BCUT2D eigenvalue weighted by Gasteiger charge is -2.60. The van der Waals surface area contributed by atoms with Crippen molar-refractivity contribution in [1.82, 2.24) is 19.9 Å². The molecule has 1 spiro atoms. The lowest BCUT2D eigenvalue weighted by atomic mass is 9.72. The fourth-order valence-corrected chi connectivity index (χ4v) is 5.57. The number of carbonyl (C=O) groups excluding carboxylic acids is 1. The average Bonchev–Trinajstić information content (AvgIpc) is 2.80. The summed E-state index contributed by atoms with van der Waals surface area (Å²) in [6.45, 7) is 7.66. The molecule has 1 aromatic carbocycles. The van der Waals surface area contributed by atoms with Gasteiger partial charge in [0, 0.05) is 44.1 Å².